The molecule has 0 radical (unpaired) electrons. The van der Waals surface area contributed by atoms with E-state index in [1.807, 2.05) is 35.9 Å². The second-order valence-electron chi connectivity index (χ2n) is 13.6. The molecule has 0 spiro atoms. The van der Waals surface area contributed by atoms with Gasteiger partial charge >= 0.3 is 5.69 Å². The zero-order valence-electron chi connectivity index (χ0n) is 24.3. The van der Waals surface area contributed by atoms with Crippen LogP contribution in [-0.4, -0.2) is 39.6 Å². The Morgan fingerprint density at radius 1 is 1.15 bits per heavy atom. The Morgan fingerprint density at radius 2 is 1.87 bits per heavy atom. The minimum absolute atomic E-state index is 0.00402. The second-order valence-corrected chi connectivity index (χ2v) is 13.6. The summed E-state index contributed by atoms with van der Waals surface area (Å²) in [7, 11) is 1.82. The molecule has 1 saturated carbocycles. The molecule has 39 heavy (non-hydrogen) atoms. The van der Waals surface area contributed by atoms with Crippen LogP contribution in [0.5, 0.6) is 0 Å². The fourth-order valence-corrected chi connectivity index (χ4v) is 6.42. The van der Waals surface area contributed by atoms with Crippen molar-refractivity contribution in [3.8, 4) is 0 Å². The number of rotatable bonds is 5. The molecule has 3 heterocycles. The fourth-order valence-electron chi connectivity index (χ4n) is 6.42. The Kier molecular flexibility index (Phi) is 7.10. The zero-order valence-corrected chi connectivity index (χ0v) is 24.3. The maximum absolute atomic E-state index is 13.3. The lowest BCUT2D eigenvalue weighted by Crippen LogP contribution is -2.51. The largest absolute Gasteiger partial charge is 0.349 e. The number of hydrogen-bond acceptors (Lipinski definition) is 4. The summed E-state index contributed by atoms with van der Waals surface area (Å²) < 4.78 is 3.56. The van der Waals surface area contributed by atoms with Gasteiger partial charge in [-0.2, -0.15) is 0 Å². The average molecular weight is 534 g/mol. The van der Waals surface area contributed by atoms with Gasteiger partial charge in [0.05, 0.1) is 11.4 Å². The second kappa shape index (κ2) is 10.1. The Labute approximate surface area is 230 Å². The van der Waals surface area contributed by atoms with Crippen LogP contribution in [0.2, 0.25) is 0 Å². The van der Waals surface area contributed by atoms with Gasteiger partial charge in [0.2, 0.25) is 5.91 Å². The molecule has 3 atom stereocenters. The predicted molar refractivity (Wildman–Crippen MR) is 153 cm³/mol. The molecular weight excluding hydrogens is 490 g/mol. The van der Waals surface area contributed by atoms with Gasteiger partial charge in [-0.15, -0.1) is 0 Å². The number of nitrogens with one attached hydrogen (secondary N) is 1. The summed E-state index contributed by atoms with van der Waals surface area (Å²) >= 11 is 0. The number of carbonyl (C=O) groups is 2. The Morgan fingerprint density at radius 3 is 2.51 bits per heavy atom. The van der Waals surface area contributed by atoms with Gasteiger partial charge in [0.15, 0.2) is 5.49 Å². The first-order chi connectivity index (χ1) is 18.3. The summed E-state index contributed by atoms with van der Waals surface area (Å²) in [6.07, 6.45) is 7.37. The quantitative estimate of drug-likeness (QED) is 0.641. The van der Waals surface area contributed by atoms with Gasteiger partial charge in [0, 0.05) is 43.9 Å². The van der Waals surface area contributed by atoms with Crippen LogP contribution in [0.25, 0.3) is 6.08 Å². The number of amides is 2. The van der Waals surface area contributed by atoms with Crippen LogP contribution in [0, 0.1) is 16.7 Å². The van der Waals surface area contributed by atoms with Gasteiger partial charge < -0.3 is 10.2 Å². The van der Waals surface area contributed by atoms with Crippen LogP contribution in [0.4, 0.5) is 5.69 Å². The van der Waals surface area contributed by atoms with Crippen molar-refractivity contribution in [1.29, 1.82) is 0 Å². The van der Waals surface area contributed by atoms with Crippen molar-refractivity contribution in [2.24, 2.45) is 28.8 Å². The summed E-state index contributed by atoms with van der Waals surface area (Å²) in [5, 5.41) is 4.27. The molecule has 2 aromatic rings. The van der Waals surface area contributed by atoms with Crippen molar-refractivity contribution in [2.45, 2.75) is 91.8 Å². The molecule has 0 bridgehead atoms. The number of imidazole rings is 1. The van der Waals surface area contributed by atoms with Crippen LogP contribution in [0.3, 0.4) is 0 Å². The summed E-state index contributed by atoms with van der Waals surface area (Å²) in [4.78, 5) is 45.3. The molecule has 3 unspecified atom stereocenters. The van der Waals surface area contributed by atoms with E-state index in [0.29, 0.717) is 24.4 Å². The number of benzene rings is 1. The van der Waals surface area contributed by atoms with E-state index in [4.69, 9.17) is 4.99 Å². The van der Waals surface area contributed by atoms with Crippen LogP contribution in [-0.2, 0) is 18.4 Å². The van der Waals surface area contributed by atoms with Crippen molar-refractivity contribution >= 4 is 23.6 Å². The predicted octanol–water partition coefficient (Wildman–Crippen LogP) is 3.16. The third-order valence-electron chi connectivity index (χ3n) is 8.83. The third kappa shape index (κ3) is 5.48. The van der Waals surface area contributed by atoms with Crippen molar-refractivity contribution in [3.63, 3.8) is 0 Å². The minimum atomic E-state index is -0.0795. The van der Waals surface area contributed by atoms with E-state index in [-0.39, 0.29) is 40.4 Å². The van der Waals surface area contributed by atoms with E-state index in [2.05, 4.69) is 46.0 Å². The molecule has 8 nitrogen and oxygen atoms in total. The van der Waals surface area contributed by atoms with E-state index in [1.165, 1.54) is 0 Å². The third-order valence-corrected chi connectivity index (χ3v) is 8.83. The molecule has 2 fully saturated rings. The summed E-state index contributed by atoms with van der Waals surface area (Å²) in [6.45, 7) is 12.3. The number of carbonyl (C=O) groups excluding carboxylic acids is 2. The highest BCUT2D eigenvalue weighted by Crippen LogP contribution is 2.41. The zero-order chi connectivity index (χ0) is 28.1. The van der Waals surface area contributed by atoms with Crippen LogP contribution >= 0.6 is 0 Å². The highest BCUT2D eigenvalue weighted by molar-refractivity contribution is 5.97. The molecule has 1 aromatic heterocycles. The molecule has 1 aliphatic carbocycles. The maximum atomic E-state index is 13.3. The number of anilines is 1. The molecule has 3 aliphatic rings. The SMILES string of the molecule is Cn1c2c(n(CC(C)(C)C)c1=O)=CCC(C1CCC(C)(C)C(NC(=O)c3ccc(N4CCCC4=O)cc3)C1)N=2. The minimum Gasteiger partial charge on any atom is -0.349 e. The van der Waals surface area contributed by atoms with Gasteiger partial charge in [0.1, 0.15) is 0 Å². The monoisotopic (exact) mass is 533 g/mol. The van der Waals surface area contributed by atoms with Gasteiger partial charge in [-0.1, -0.05) is 40.7 Å². The van der Waals surface area contributed by atoms with Gasteiger partial charge in [-0.3, -0.25) is 23.7 Å². The maximum Gasteiger partial charge on any atom is 0.330 e. The number of aromatic nitrogens is 2. The first-order valence-corrected chi connectivity index (χ1v) is 14.4. The number of nitrogens with zero attached hydrogens (tertiary/aromatic N) is 4. The van der Waals surface area contributed by atoms with E-state index >= 15 is 0 Å². The van der Waals surface area contributed by atoms with Gasteiger partial charge in [-0.05, 0) is 73.1 Å². The van der Waals surface area contributed by atoms with Crippen LogP contribution in [0.1, 0.15) is 83.5 Å². The topological polar surface area (TPSA) is 88.7 Å². The first kappa shape index (κ1) is 27.4. The van der Waals surface area contributed by atoms with E-state index in [1.54, 1.807) is 9.47 Å². The molecule has 8 heteroatoms. The van der Waals surface area contributed by atoms with Crippen molar-refractivity contribution in [1.82, 2.24) is 14.5 Å². The average Bonchev–Trinajstić information content (AvgIpc) is 3.41. The van der Waals surface area contributed by atoms with E-state index in [0.717, 1.165) is 55.2 Å². The van der Waals surface area contributed by atoms with Crippen molar-refractivity contribution < 1.29 is 9.59 Å². The Hall–Kier alpha value is -3.16. The molecule has 1 saturated heterocycles. The highest BCUT2D eigenvalue weighted by atomic mass is 16.2. The summed E-state index contributed by atoms with van der Waals surface area (Å²) in [6, 6.07) is 7.50. The number of hydrogen-bond donors (Lipinski definition) is 1. The number of fused-ring (bicyclic) bond motifs is 1. The van der Waals surface area contributed by atoms with Gasteiger partial charge in [-0.25, -0.2) is 4.79 Å². The Balaban J connectivity index is 1.31. The standard InChI is InChI=1S/C31H43N5O3/c1-30(2,3)19-36-24-14-13-23(32-27(24)34(6)29(36)39)21-15-16-31(4,5)25(18-21)33-28(38)20-9-11-22(12-10-20)35-17-7-8-26(35)37/h9-12,14,21,23,25H,7-8,13,15-19H2,1-6H3,(H,33,38). The fraction of sp³-hybridized carbons (Fsp3) is 0.613. The molecule has 5 rings (SSSR count). The highest BCUT2D eigenvalue weighted by Gasteiger charge is 2.40. The van der Waals surface area contributed by atoms with Crippen molar-refractivity contribution in [2.75, 3.05) is 11.4 Å². The molecule has 1 aromatic carbocycles. The van der Waals surface area contributed by atoms with E-state index in [9.17, 15) is 14.4 Å². The Bertz CT molecular complexity index is 1440. The first-order valence-electron chi connectivity index (χ1n) is 14.4. The lowest BCUT2D eigenvalue weighted by atomic mass is 9.67. The molecule has 210 valence electrons. The smallest absolute Gasteiger partial charge is 0.330 e. The molecule has 2 amide bonds. The lowest BCUT2D eigenvalue weighted by Gasteiger charge is -2.44. The molecular formula is C31H43N5O3. The molecule has 1 N–H and O–H groups in total. The summed E-state index contributed by atoms with van der Waals surface area (Å²) in [5.41, 5.74) is 2.20. The van der Waals surface area contributed by atoms with Gasteiger partial charge in [0.25, 0.3) is 5.91 Å². The normalized spacial score (nSPS) is 24.6. The summed E-state index contributed by atoms with van der Waals surface area (Å²) in [5.74, 6) is 0.395. The van der Waals surface area contributed by atoms with Crippen molar-refractivity contribution in [3.05, 3.63) is 51.2 Å². The lowest BCUT2D eigenvalue weighted by molar-refractivity contribution is -0.117. The van der Waals surface area contributed by atoms with Crippen LogP contribution in [0.15, 0.2) is 34.1 Å². The molecule has 2 aliphatic heterocycles. The van der Waals surface area contributed by atoms with Crippen LogP contribution < -0.4 is 26.7 Å². The van der Waals surface area contributed by atoms with E-state index < -0.39 is 0 Å².